The van der Waals surface area contributed by atoms with Gasteiger partial charge in [-0.3, -0.25) is 14.4 Å². The van der Waals surface area contributed by atoms with Crippen LogP contribution in [0, 0.1) is 19.3 Å². The molecule has 2 amide bonds. The van der Waals surface area contributed by atoms with Crippen molar-refractivity contribution >= 4 is 17.8 Å². The third-order valence-corrected chi connectivity index (χ3v) is 4.53. The molecule has 5 N–H and O–H groups in total. The lowest BCUT2D eigenvalue weighted by Crippen LogP contribution is -2.41. The fraction of sp³-hybridized carbons (Fsp3) is 0.571. The summed E-state index contributed by atoms with van der Waals surface area (Å²) in [5.41, 5.74) is 12.0. The normalized spacial score (nSPS) is 12.2. The molecule has 0 spiro atoms. The van der Waals surface area contributed by atoms with Crippen LogP contribution >= 0.6 is 0 Å². The Kier molecular flexibility index (Phi) is 9.61. The maximum atomic E-state index is 12.3. The number of hydrogen-bond donors (Lipinski definition) is 3. The smallest absolute Gasteiger partial charge is 0.311 e. The summed E-state index contributed by atoms with van der Waals surface area (Å²) in [6.45, 7) is 8.34. The Labute approximate surface area is 172 Å². The zero-order valence-corrected chi connectivity index (χ0v) is 17.7. The third kappa shape index (κ3) is 8.95. The number of nitrogens with two attached hydrogens (primary N) is 2. The summed E-state index contributed by atoms with van der Waals surface area (Å²) in [6.07, 6.45) is 1.11. The fourth-order valence-electron chi connectivity index (χ4n) is 2.56. The number of esters is 1. The maximum absolute atomic E-state index is 12.3. The van der Waals surface area contributed by atoms with E-state index in [4.69, 9.17) is 20.9 Å². The number of carbonyl (C=O) groups excluding carboxylic acids is 3. The van der Waals surface area contributed by atoms with E-state index in [1.54, 1.807) is 0 Å². The van der Waals surface area contributed by atoms with Crippen molar-refractivity contribution < 1.29 is 23.9 Å². The van der Waals surface area contributed by atoms with E-state index in [0.29, 0.717) is 19.4 Å². The standard InChI is InChI=1S/C21H33N3O5/c1-14-6-7-15(2)17(12-14)28-10-5-8-21(3,4)20(27)29-11-9-24-18(25)13-16(22)19(23)26/h6-7,12,16H,5,8-11,13,22H2,1-4H3,(H2,23,26)(H,24,25). The van der Waals surface area contributed by atoms with Crippen LogP contribution in [0.5, 0.6) is 5.75 Å². The zero-order valence-electron chi connectivity index (χ0n) is 17.7. The predicted octanol–water partition coefficient (Wildman–Crippen LogP) is 1.35. The van der Waals surface area contributed by atoms with Crippen molar-refractivity contribution in [1.29, 1.82) is 0 Å². The van der Waals surface area contributed by atoms with Gasteiger partial charge >= 0.3 is 5.97 Å². The number of aryl methyl sites for hydroxylation is 2. The van der Waals surface area contributed by atoms with Gasteiger partial charge in [-0.1, -0.05) is 12.1 Å². The summed E-state index contributed by atoms with van der Waals surface area (Å²) in [4.78, 5) is 34.7. The van der Waals surface area contributed by atoms with E-state index >= 15 is 0 Å². The summed E-state index contributed by atoms with van der Waals surface area (Å²) in [5, 5.41) is 2.53. The summed E-state index contributed by atoms with van der Waals surface area (Å²) in [7, 11) is 0. The second-order valence-electron chi connectivity index (χ2n) is 7.80. The van der Waals surface area contributed by atoms with Gasteiger partial charge in [0, 0.05) is 0 Å². The molecule has 1 rings (SSSR count). The first kappa shape index (κ1) is 24.4. The van der Waals surface area contributed by atoms with Gasteiger partial charge < -0.3 is 26.3 Å². The molecule has 8 heteroatoms. The first-order valence-electron chi connectivity index (χ1n) is 9.72. The summed E-state index contributed by atoms with van der Waals surface area (Å²) >= 11 is 0. The monoisotopic (exact) mass is 407 g/mol. The summed E-state index contributed by atoms with van der Waals surface area (Å²) in [5.74, 6) is -0.644. The van der Waals surface area contributed by atoms with Crippen LogP contribution in [0.15, 0.2) is 18.2 Å². The van der Waals surface area contributed by atoms with Gasteiger partial charge in [0.25, 0.3) is 0 Å². The average molecular weight is 408 g/mol. The molecule has 0 aliphatic rings. The summed E-state index contributed by atoms with van der Waals surface area (Å²) in [6, 6.07) is 5.03. The molecule has 0 radical (unpaired) electrons. The highest BCUT2D eigenvalue weighted by atomic mass is 16.5. The number of nitrogens with one attached hydrogen (secondary N) is 1. The number of hydrogen-bond acceptors (Lipinski definition) is 6. The largest absolute Gasteiger partial charge is 0.493 e. The van der Waals surface area contributed by atoms with Crippen LogP contribution in [0.25, 0.3) is 0 Å². The average Bonchev–Trinajstić information content (AvgIpc) is 2.64. The number of amides is 2. The van der Waals surface area contributed by atoms with E-state index in [9.17, 15) is 14.4 Å². The van der Waals surface area contributed by atoms with Crippen molar-refractivity contribution in [3.8, 4) is 5.75 Å². The second-order valence-corrected chi connectivity index (χ2v) is 7.80. The molecule has 0 aliphatic heterocycles. The van der Waals surface area contributed by atoms with Gasteiger partial charge in [0.1, 0.15) is 12.4 Å². The van der Waals surface area contributed by atoms with Gasteiger partial charge in [-0.05, 0) is 57.7 Å². The van der Waals surface area contributed by atoms with Crippen molar-refractivity contribution in [2.45, 2.75) is 53.0 Å². The van der Waals surface area contributed by atoms with Gasteiger partial charge in [0.2, 0.25) is 11.8 Å². The zero-order chi connectivity index (χ0) is 22.0. The number of rotatable bonds is 12. The topological polar surface area (TPSA) is 134 Å². The molecule has 1 unspecified atom stereocenters. The Hall–Kier alpha value is -2.61. The molecule has 8 nitrogen and oxygen atoms in total. The van der Waals surface area contributed by atoms with Crippen molar-refractivity contribution in [2.24, 2.45) is 16.9 Å². The minimum absolute atomic E-state index is 0.0405. The van der Waals surface area contributed by atoms with Gasteiger partial charge in [0.05, 0.1) is 31.0 Å². The predicted molar refractivity (Wildman–Crippen MR) is 110 cm³/mol. The van der Waals surface area contributed by atoms with E-state index < -0.39 is 23.3 Å². The highest BCUT2D eigenvalue weighted by molar-refractivity contribution is 5.87. The molecule has 1 aromatic rings. The van der Waals surface area contributed by atoms with Crippen molar-refractivity contribution in [1.82, 2.24) is 5.32 Å². The van der Waals surface area contributed by atoms with Crippen LogP contribution in [-0.2, 0) is 19.1 Å². The van der Waals surface area contributed by atoms with E-state index in [1.165, 1.54) is 0 Å². The SMILES string of the molecule is Cc1ccc(C)c(OCCCC(C)(C)C(=O)OCCNC(=O)CC(N)C(N)=O)c1. The number of carbonyl (C=O) groups is 3. The molecule has 0 saturated carbocycles. The van der Waals surface area contributed by atoms with Crippen LogP contribution < -0.4 is 21.5 Å². The van der Waals surface area contributed by atoms with Crippen LogP contribution in [0.1, 0.15) is 44.2 Å². The van der Waals surface area contributed by atoms with Crippen LogP contribution in [0.2, 0.25) is 0 Å². The molecule has 1 atom stereocenters. The molecule has 0 bridgehead atoms. The lowest BCUT2D eigenvalue weighted by atomic mass is 9.88. The molecule has 0 heterocycles. The first-order valence-corrected chi connectivity index (χ1v) is 9.72. The second kappa shape index (κ2) is 11.4. The molecular formula is C21H33N3O5. The molecule has 0 aromatic heterocycles. The van der Waals surface area contributed by atoms with E-state index in [0.717, 1.165) is 16.9 Å². The van der Waals surface area contributed by atoms with Gasteiger partial charge in [-0.25, -0.2) is 0 Å². The maximum Gasteiger partial charge on any atom is 0.311 e. The lowest BCUT2D eigenvalue weighted by molar-refractivity contribution is -0.154. The summed E-state index contributed by atoms with van der Waals surface area (Å²) < 4.78 is 11.1. The molecule has 1 aromatic carbocycles. The Bertz CT molecular complexity index is 718. The highest BCUT2D eigenvalue weighted by Crippen LogP contribution is 2.25. The Balaban J connectivity index is 2.28. The molecule has 0 aliphatic carbocycles. The first-order chi connectivity index (χ1) is 13.5. The molecular weight excluding hydrogens is 374 g/mol. The van der Waals surface area contributed by atoms with E-state index in [1.807, 2.05) is 45.9 Å². The van der Waals surface area contributed by atoms with Crippen molar-refractivity contribution in [3.63, 3.8) is 0 Å². The molecule has 0 fully saturated rings. The van der Waals surface area contributed by atoms with Crippen LogP contribution in [0.4, 0.5) is 0 Å². The number of ether oxygens (including phenoxy) is 2. The molecule has 162 valence electrons. The minimum Gasteiger partial charge on any atom is -0.493 e. The van der Waals surface area contributed by atoms with Gasteiger partial charge in [-0.15, -0.1) is 0 Å². The van der Waals surface area contributed by atoms with Gasteiger partial charge in [-0.2, -0.15) is 0 Å². The highest BCUT2D eigenvalue weighted by Gasteiger charge is 2.28. The van der Waals surface area contributed by atoms with Gasteiger partial charge in [0.15, 0.2) is 0 Å². The fourth-order valence-corrected chi connectivity index (χ4v) is 2.56. The van der Waals surface area contributed by atoms with E-state index in [2.05, 4.69) is 5.32 Å². The van der Waals surface area contributed by atoms with E-state index in [-0.39, 0.29) is 25.5 Å². The third-order valence-electron chi connectivity index (χ3n) is 4.53. The van der Waals surface area contributed by atoms with Crippen LogP contribution in [-0.4, -0.2) is 43.6 Å². The molecule has 0 saturated heterocycles. The lowest BCUT2D eigenvalue weighted by Gasteiger charge is -2.22. The van der Waals surface area contributed by atoms with Crippen molar-refractivity contribution in [2.75, 3.05) is 19.8 Å². The minimum atomic E-state index is -1.03. The van der Waals surface area contributed by atoms with Crippen molar-refractivity contribution in [3.05, 3.63) is 29.3 Å². The number of primary amides is 1. The van der Waals surface area contributed by atoms with Crippen LogP contribution in [0.3, 0.4) is 0 Å². The Morgan fingerprint density at radius 3 is 2.52 bits per heavy atom. The Morgan fingerprint density at radius 1 is 1.17 bits per heavy atom. The quantitative estimate of drug-likeness (QED) is 0.354. The molecule has 29 heavy (non-hydrogen) atoms. The number of benzene rings is 1. The Morgan fingerprint density at radius 2 is 1.86 bits per heavy atom.